The summed E-state index contributed by atoms with van der Waals surface area (Å²) in [6.07, 6.45) is 0. The van der Waals surface area contributed by atoms with Crippen LogP contribution >= 0.6 is 11.8 Å². The van der Waals surface area contributed by atoms with Gasteiger partial charge in [0, 0.05) is 11.6 Å². The molecule has 136 valence electrons. The Balaban J connectivity index is 1.64. The summed E-state index contributed by atoms with van der Waals surface area (Å²) in [4.78, 5) is 19.7. The highest BCUT2D eigenvalue weighted by atomic mass is 32.2. The largest absolute Gasteiger partial charge is 0.309 e. The Bertz CT molecular complexity index is 1130. The van der Waals surface area contributed by atoms with Gasteiger partial charge in [0.2, 0.25) is 0 Å². The van der Waals surface area contributed by atoms with Crippen molar-refractivity contribution in [1.29, 1.82) is 0 Å². The van der Waals surface area contributed by atoms with Crippen LogP contribution in [-0.4, -0.2) is 24.7 Å². The Morgan fingerprint density at radius 1 is 1.04 bits per heavy atom. The molecule has 0 atom stereocenters. The van der Waals surface area contributed by atoms with Gasteiger partial charge in [0.15, 0.2) is 11.0 Å². The van der Waals surface area contributed by atoms with Crippen LogP contribution in [0.2, 0.25) is 0 Å². The lowest BCUT2D eigenvalue weighted by atomic mass is 10.2. The van der Waals surface area contributed by atoms with E-state index in [-0.39, 0.29) is 11.6 Å². The molecule has 0 radical (unpaired) electrons. The van der Waals surface area contributed by atoms with Crippen molar-refractivity contribution >= 4 is 22.7 Å². The third kappa shape index (κ3) is 3.50. The second kappa shape index (κ2) is 7.36. The van der Waals surface area contributed by atoms with Crippen molar-refractivity contribution in [2.24, 2.45) is 0 Å². The van der Waals surface area contributed by atoms with Crippen molar-refractivity contribution < 1.29 is 0 Å². The molecule has 1 N–H and O–H groups in total. The van der Waals surface area contributed by atoms with Gasteiger partial charge in [0.25, 0.3) is 5.56 Å². The van der Waals surface area contributed by atoms with Gasteiger partial charge in [-0.3, -0.25) is 9.36 Å². The highest BCUT2D eigenvalue weighted by Gasteiger charge is 2.17. The summed E-state index contributed by atoms with van der Waals surface area (Å²) in [5, 5.41) is 10.2. The average molecular weight is 377 g/mol. The molecule has 0 amide bonds. The van der Waals surface area contributed by atoms with E-state index in [0.717, 1.165) is 16.5 Å². The zero-order valence-corrected chi connectivity index (χ0v) is 15.9. The maximum Gasteiger partial charge on any atom is 0.258 e. The normalized spacial score (nSPS) is 11.4. The van der Waals surface area contributed by atoms with Crippen molar-refractivity contribution in [2.75, 3.05) is 0 Å². The fourth-order valence-electron chi connectivity index (χ4n) is 2.96. The number of aromatic nitrogens is 5. The number of hydrogen-bond acceptors (Lipinski definition) is 5. The van der Waals surface area contributed by atoms with E-state index in [1.807, 2.05) is 48.5 Å². The van der Waals surface area contributed by atoms with Crippen LogP contribution in [-0.2, 0) is 5.75 Å². The molecule has 0 unspecified atom stereocenters. The lowest BCUT2D eigenvalue weighted by Crippen LogP contribution is -2.11. The molecule has 0 fully saturated rings. The van der Waals surface area contributed by atoms with E-state index >= 15 is 0 Å². The summed E-state index contributed by atoms with van der Waals surface area (Å²) < 4.78 is 2.11. The van der Waals surface area contributed by atoms with Gasteiger partial charge >= 0.3 is 0 Å². The molecule has 0 aliphatic rings. The summed E-state index contributed by atoms with van der Waals surface area (Å²) in [5.41, 5.74) is 1.61. The second-order valence-electron chi connectivity index (χ2n) is 6.45. The van der Waals surface area contributed by atoms with Gasteiger partial charge in [-0.2, -0.15) is 0 Å². The maximum atomic E-state index is 12.2. The van der Waals surface area contributed by atoms with Crippen molar-refractivity contribution in [1.82, 2.24) is 24.7 Å². The molecule has 2 heterocycles. The Hall–Kier alpha value is -2.93. The van der Waals surface area contributed by atoms with Gasteiger partial charge in [-0.15, -0.1) is 10.2 Å². The molecule has 27 heavy (non-hydrogen) atoms. The van der Waals surface area contributed by atoms with Gasteiger partial charge in [-0.1, -0.05) is 54.2 Å². The van der Waals surface area contributed by atoms with Crippen molar-refractivity contribution in [3.8, 4) is 11.4 Å². The lowest BCUT2D eigenvalue weighted by molar-refractivity contribution is 0.555. The third-order valence-electron chi connectivity index (χ3n) is 4.21. The zero-order valence-electron chi connectivity index (χ0n) is 15.1. The number of para-hydroxylation sites is 1. The van der Waals surface area contributed by atoms with E-state index in [4.69, 9.17) is 0 Å². The van der Waals surface area contributed by atoms with E-state index in [9.17, 15) is 4.79 Å². The number of thioether (sulfide) groups is 1. The summed E-state index contributed by atoms with van der Waals surface area (Å²) in [6.45, 7) is 4.21. The molecule has 0 saturated carbocycles. The van der Waals surface area contributed by atoms with Crippen LogP contribution in [0.5, 0.6) is 0 Å². The lowest BCUT2D eigenvalue weighted by Gasteiger charge is -2.13. The maximum absolute atomic E-state index is 12.2. The first-order chi connectivity index (χ1) is 13.1. The molecular formula is C20H19N5OS. The van der Waals surface area contributed by atoms with Crippen LogP contribution in [0, 0.1) is 0 Å². The van der Waals surface area contributed by atoms with E-state index < -0.39 is 0 Å². The number of fused-ring (bicyclic) bond motifs is 1. The SMILES string of the molecule is CC(C)n1c(SCc2nc3ccccc3c(=O)[nH]2)nnc1-c1ccccc1. The van der Waals surface area contributed by atoms with Crippen molar-refractivity contribution in [3.05, 3.63) is 70.8 Å². The van der Waals surface area contributed by atoms with Gasteiger partial charge in [0.05, 0.1) is 16.7 Å². The van der Waals surface area contributed by atoms with Gasteiger partial charge < -0.3 is 4.98 Å². The Morgan fingerprint density at radius 3 is 2.56 bits per heavy atom. The average Bonchev–Trinajstić information content (AvgIpc) is 3.11. The van der Waals surface area contributed by atoms with Crippen LogP contribution < -0.4 is 5.56 Å². The summed E-state index contributed by atoms with van der Waals surface area (Å²) in [6, 6.07) is 17.6. The van der Waals surface area contributed by atoms with E-state index in [1.54, 1.807) is 6.07 Å². The monoisotopic (exact) mass is 377 g/mol. The number of aromatic amines is 1. The minimum absolute atomic E-state index is 0.119. The first kappa shape index (κ1) is 17.5. The van der Waals surface area contributed by atoms with Crippen LogP contribution in [0.3, 0.4) is 0 Å². The molecule has 0 spiro atoms. The molecule has 2 aromatic carbocycles. The Labute approximate surface area is 160 Å². The molecule has 0 bridgehead atoms. The second-order valence-corrected chi connectivity index (χ2v) is 7.40. The first-order valence-corrected chi connectivity index (χ1v) is 9.73. The standard InChI is InChI=1S/C20H19N5OS/c1-13(2)25-18(14-8-4-3-5-9-14)23-24-20(25)27-12-17-21-16-11-7-6-10-15(16)19(26)22-17/h3-11,13H,12H2,1-2H3,(H,21,22,26). The fourth-order valence-corrected chi connectivity index (χ4v) is 3.90. The minimum atomic E-state index is -0.119. The highest BCUT2D eigenvalue weighted by Crippen LogP contribution is 2.28. The fraction of sp³-hybridized carbons (Fsp3) is 0.200. The van der Waals surface area contributed by atoms with Gasteiger partial charge in [0.1, 0.15) is 5.82 Å². The minimum Gasteiger partial charge on any atom is -0.309 e. The quantitative estimate of drug-likeness (QED) is 0.531. The van der Waals surface area contributed by atoms with Crippen LogP contribution in [0.4, 0.5) is 0 Å². The highest BCUT2D eigenvalue weighted by molar-refractivity contribution is 7.98. The summed E-state index contributed by atoms with van der Waals surface area (Å²) in [7, 11) is 0. The van der Waals surface area contributed by atoms with E-state index in [0.29, 0.717) is 22.5 Å². The molecule has 2 aromatic heterocycles. The third-order valence-corrected chi connectivity index (χ3v) is 5.17. The first-order valence-electron chi connectivity index (χ1n) is 8.74. The van der Waals surface area contributed by atoms with Crippen LogP contribution in [0.15, 0.2) is 64.5 Å². The molecule has 0 aliphatic heterocycles. The number of nitrogens with one attached hydrogen (secondary N) is 1. The molecule has 4 aromatic rings. The number of nitrogens with zero attached hydrogens (tertiary/aromatic N) is 4. The Kier molecular flexibility index (Phi) is 4.77. The number of rotatable bonds is 5. The summed E-state index contributed by atoms with van der Waals surface area (Å²) >= 11 is 1.52. The Morgan fingerprint density at radius 2 is 1.78 bits per heavy atom. The smallest absolute Gasteiger partial charge is 0.258 e. The predicted molar refractivity (Wildman–Crippen MR) is 108 cm³/mol. The van der Waals surface area contributed by atoms with Crippen LogP contribution in [0.1, 0.15) is 25.7 Å². The predicted octanol–water partition coefficient (Wildman–Crippen LogP) is 4.05. The van der Waals surface area contributed by atoms with Crippen molar-refractivity contribution in [3.63, 3.8) is 0 Å². The molecule has 6 nitrogen and oxygen atoms in total. The molecule has 7 heteroatoms. The van der Waals surface area contributed by atoms with E-state index in [1.165, 1.54) is 11.8 Å². The van der Waals surface area contributed by atoms with Crippen molar-refractivity contribution in [2.45, 2.75) is 30.8 Å². The zero-order chi connectivity index (χ0) is 18.8. The molecule has 0 aliphatic carbocycles. The molecular weight excluding hydrogens is 358 g/mol. The van der Waals surface area contributed by atoms with Gasteiger partial charge in [-0.25, -0.2) is 4.98 Å². The van der Waals surface area contributed by atoms with E-state index in [2.05, 4.69) is 38.6 Å². The topological polar surface area (TPSA) is 76.5 Å². The summed E-state index contributed by atoms with van der Waals surface area (Å²) in [5.74, 6) is 1.98. The number of benzene rings is 2. The number of H-pyrrole nitrogens is 1. The van der Waals surface area contributed by atoms with Crippen LogP contribution in [0.25, 0.3) is 22.3 Å². The molecule has 4 rings (SSSR count). The number of hydrogen-bond donors (Lipinski definition) is 1. The molecule has 0 saturated heterocycles. The van der Waals surface area contributed by atoms with Gasteiger partial charge in [-0.05, 0) is 26.0 Å².